The van der Waals surface area contributed by atoms with Crippen LogP contribution in [0, 0.1) is 11.7 Å². The first-order chi connectivity index (χ1) is 9.90. The predicted octanol–water partition coefficient (Wildman–Crippen LogP) is 2.73. The molecule has 1 heterocycles. The van der Waals surface area contributed by atoms with Gasteiger partial charge in [-0.3, -0.25) is 0 Å². The zero-order valence-electron chi connectivity index (χ0n) is 11.5. The molecule has 116 valence electrons. The highest BCUT2D eigenvalue weighted by Gasteiger charge is 2.34. The van der Waals surface area contributed by atoms with Gasteiger partial charge in [-0.05, 0) is 24.6 Å². The van der Waals surface area contributed by atoms with Gasteiger partial charge in [0.25, 0.3) is 0 Å². The first-order valence-electron chi connectivity index (χ1n) is 6.56. The summed E-state index contributed by atoms with van der Waals surface area (Å²) >= 11 is 5.89. The van der Waals surface area contributed by atoms with Gasteiger partial charge >= 0.3 is 0 Å². The van der Waals surface area contributed by atoms with Crippen LogP contribution in [-0.4, -0.2) is 36.7 Å². The van der Waals surface area contributed by atoms with Crippen LogP contribution in [0.25, 0.3) is 0 Å². The Kier molecular flexibility index (Phi) is 4.85. The number of piperidine rings is 1. The molecule has 1 saturated heterocycles. The summed E-state index contributed by atoms with van der Waals surface area (Å²) in [4.78, 5) is -0.233. The van der Waals surface area contributed by atoms with Gasteiger partial charge in [-0.1, -0.05) is 23.7 Å². The summed E-state index contributed by atoms with van der Waals surface area (Å²) in [7, 11) is -3.87. The largest absolute Gasteiger partial charge is 0.411 e. The lowest BCUT2D eigenvalue weighted by Gasteiger charge is -2.32. The number of hydrogen-bond acceptors (Lipinski definition) is 4. The minimum atomic E-state index is -3.87. The molecule has 1 fully saturated rings. The van der Waals surface area contributed by atoms with E-state index in [0.29, 0.717) is 18.6 Å². The molecule has 1 aromatic carbocycles. The first kappa shape index (κ1) is 16.2. The lowest BCUT2D eigenvalue weighted by atomic mass is 9.95. The third-order valence-corrected chi connectivity index (χ3v) is 5.99. The number of nitrogens with zero attached hydrogens (tertiary/aromatic N) is 2. The Hall–Kier alpha value is -1.18. The van der Waals surface area contributed by atoms with Gasteiger partial charge < -0.3 is 5.21 Å². The number of halogens is 2. The molecule has 21 heavy (non-hydrogen) atoms. The number of benzene rings is 1. The van der Waals surface area contributed by atoms with Crippen LogP contribution >= 0.6 is 11.6 Å². The van der Waals surface area contributed by atoms with E-state index in [-0.39, 0.29) is 28.9 Å². The van der Waals surface area contributed by atoms with Crippen LogP contribution in [0.3, 0.4) is 0 Å². The zero-order chi connectivity index (χ0) is 15.6. The summed E-state index contributed by atoms with van der Waals surface area (Å²) in [6.07, 6.45) is 1.00. The van der Waals surface area contributed by atoms with Crippen molar-refractivity contribution in [3.63, 3.8) is 0 Å². The van der Waals surface area contributed by atoms with E-state index >= 15 is 0 Å². The number of oxime groups is 1. The fourth-order valence-corrected chi connectivity index (χ4v) is 4.39. The van der Waals surface area contributed by atoms with Gasteiger partial charge in [0.05, 0.1) is 10.7 Å². The van der Waals surface area contributed by atoms with Gasteiger partial charge in [0.15, 0.2) is 0 Å². The molecule has 0 aliphatic carbocycles. The molecule has 0 aromatic heterocycles. The fraction of sp³-hybridized carbons (Fsp3) is 0.462. The Morgan fingerprint density at radius 3 is 2.86 bits per heavy atom. The molecule has 2 rings (SSSR count). The topological polar surface area (TPSA) is 70.0 Å². The van der Waals surface area contributed by atoms with Crippen LogP contribution in [-0.2, 0) is 10.0 Å². The molecule has 1 N–H and O–H groups in total. The molecule has 0 spiro atoms. The third kappa shape index (κ3) is 3.20. The van der Waals surface area contributed by atoms with Gasteiger partial charge in [0.2, 0.25) is 10.0 Å². The van der Waals surface area contributed by atoms with E-state index in [4.69, 9.17) is 16.8 Å². The van der Waals surface area contributed by atoms with E-state index in [1.54, 1.807) is 0 Å². The van der Waals surface area contributed by atoms with E-state index in [9.17, 15) is 12.8 Å². The van der Waals surface area contributed by atoms with Crippen molar-refractivity contribution in [2.45, 2.75) is 24.7 Å². The second kappa shape index (κ2) is 6.29. The van der Waals surface area contributed by atoms with E-state index in [0.717, 1.165) is 12.1 Å². The molecular weight excluding hydrogens is 319 g/mol. The van der Waals surface area contributed by atoms with Crippen LogP contribution in [0.1, 0.15) is 19.8 Å². The summed E-state index contributed by atoms with van der Waals surface area (Å²) in [5.41, 5.74) is 0.592. The summed E-state index contributed by atoms with van der Waals surface area (Å²) in [6.45, 7) is 2.28. The minimum Gasteiger partial charge on any atom is -0.411 e. The van der Waals surface area contributed by atoms with Crippen molar-refractivity contribution in [2.24, 2.45) is 11.1 Å². The van der Waals surface area contributed by atoms with E-state index < -0.39 is 15.8 Å². The molecule has 1 unspecified atom stereocenters. The van der Waals surface area contributed by atoms with Gasteiger partial charge in [0, 0.05) is 25.4 Å². The van der Waals surface area contributed by atoms with Crippen molar-refractivity contribution in [3.8, 4) is 0 Å². The smallest absolute Gasteiger partial charge is 0.244 e. The lowest BCUT2D eigenvalue weighted by molar-refractivity contribution is 0.295. The highest BCUT2D eigenvalue weighted by molar-refractivity contribution is 7.89. The van der Waals surface area contributed by atoms with Crippen molar-refractivity contribution < 1.29 is 18.0 Å². The molecule has 1 aliphatic heterocycles. The maximum absolute atomic E-state index is 13.3. The van der Waals surface area contributed by atoms with Crippen LogP contribution in [0.15, 0.2) is 28.3 Å². The van der Waals surface area contributed by atoms with Crippen LogP contribution in [0.4, 0.5) is 4.39 Å². The van der Waals surface area contributed by atoms with Gasteiger partial charge in [0.1, 0.15) is 10.7 Å². The zero-order valence-corrected chi connectivity index (χ0v) is 13.0. The standard InChI is InChI=1S/C13H16ClFN2O3S/c1-2-9-8-17(6-5-12(9)16-18)21(19,20)13-7-10(15)3-4-11(13)14/h3-4,7,9,18H,2,5-6,8H2,1H3/b16-12+. The molecule has 5 nitrogen and oxygen atoms in total. The van der Waals surface area contributed by atoms with E-state index in [2.05, 4.69) is 5.16 Å². The lowest BCUT2D eigenvalue weighted by Crippen LogP contribution is -2.44. The molecule has 0 radical (unpaired) electrons. The Morgan fingerprint density at radius 1 is 1.52 bits per heavy atom. The SMILES string of the molecule is CCC1CN(S(=O)(=O)c2cc(F)ccc2Cl)CC/C1=N\O. The van der Waals surface area contributed by atoms with Crippen LogP contribution in [0.5, 0.6) is 0 Å². The summed E-state index contributed by atoms with van der Waals surface area (Å²) in [6, 6.07) is 3.27. The van der Waals surface area contributed by atoms with Crippen LogP contribution < -0.4 is 0 Å². The number of sulfonamides is 1. The highest BCUT2D eigenvalue weighted by atomic mass is 35.5. The maximum Gasteiger partial charge on any atom is 0.244 e. The summed E-state index contributed by atoms with van der Waals surface area (Å²) in [5, 5.41) is 12.1. The average molecular weight is 335 g/mol. The van der Waals surface area contributed by atoms with Crippen molar-refractivity contribution in [3.05, 3.63) is 29.0 Å². The summed E-state index contributed by atoms with van der Waals surface area (Å²) < 4.78 is 39.7. The van der Waals surface area contributed by atoms with Gasteiger partial charge in [-0.2, -0.15) is 4.31 Å². The van der Waals surface area contributed by atoms with E-state index in [1.807, 2.05) is 6.92 Å². The molecule has 0 saturated carbocycles. The molecule has 1 aromatic rings. The number of hydrogen-bond donors (Lipinski definition) is 1. The molecule has 8 heteroatoms. The van der Waals surface area contributed by atoms with Crippen LogP contribution in [0.2, 0.25) is 5.02 Å². The third-order valence-electron chi connectivity index (χ3n) is 3.64. The Balaban J connectivity index is 2.34. The maximum atomic E-state index is 13.3. The highest BCUT2D eigenvalue weighted by Crippen LogP contribution is 2.29. The minimum absolute atomic E-state index is 0.00827. The Bertz CT molecular complexity index is 663. The van der Waals surface area contributed by atoms with Gasteiger partial charge in [-0.15, -0.1) is 0 Å². The molecule has 1 atom stereocenters. The number of rotatable bonds is 3. The fourth-order valence-electron chi connectivity index (χ4n) is 2.41. The van der Waals surface area contributed by atoms with E-state index in [1.165, 1.54) is 10.4 Å². The summed E-state index contributed by atoms with van der Waals surface area (Å²) in [5.74, 6) is -0.800. The predicted molar refractivity (Wildman–Crippen MR) is 77.8 cm³/mol. The molecule has 0 bridgehead atoms. The molecule has 1 aliphatic rings. The van der Waals surface area contributed by atoms with Crippen molar-refractivity contribution >= 4 is 27.3 Å². The Morgan fingerprint density at radius 2 is 2.24 bits per heavy atom. The average Bonchev–Trinajstić information content (AvgIpc) is 2.48. The Labute approximate surface area is 128 Å². The monoisotopic (exact) mass is 334 g/mol. The van der Waals surface area contributed by atoms with Gasteiger partial charge in [-0.25, -0.2) is 12.8 Å². The second-order valence-electron chi connectivity index (χ2n) is 4.88. The second-order valence-corrected chi connectivity index (χ2v) is 7.20. The van der Waals surface area contributed by atoms with Crippen molar-refractivity contribution in [1.82, 2.24) is 4.31 Å². The normalized spacial score (nSPS) is 22.6. The molecular formula is C13H16ClFN2O3S. The quantitative estimate of drug-likeness (QED) is 0.682. The van der Waals surface area contributed by atoms with Crippen molar-refractivity contribution in [2.75, 3.05) is 13.1 Å². The first-order valence-corrected chi connectivity index (χ1v) is 8.38. The van der Waals surface area contributed by atoms with Crippen molar-refractivity contribution in [1.29, 1.82) is 0 Å². The molecule has 0 amide bonds.